The Morgan fingerprint density at radius 1 is 1.09 bits per heavy atom. The van der Waals surface area contributed by atoms with E-state index in [4.69, 9.17) is 0 Å². The summed E-state index contributed by atoms with van der Waals surface area (Å²) >= 11 is 0. The van der Waals surface area contributed by atoms with Crippen LogP contribution in [0.5, 0.6) is 0 Å². The third kappa shape index (κ3) is 3.51. The summed E-state index contributed by atoms with van der Waals surface area (Å²) in [5.41, 5.74) is 4.19. The van der Waals surface area contributed by atoms with Crippen LogP contribution in [-0.2, 0) is 18.9 Å². The number of hydrogen-bond donors (Lipinski definition) is 0. The molecule has 0 unspecified atom stereocenters. The molecule has 4 heterocycles. The molecule has 5 rings (SSSR count). The number of aromatic nitrogens is 4. The number of nitrogens with zero attached hydrogens (tertiary/aromatic N) is 5. The molecule has 0 atom stereocenters. The van der Waals surface area contributed by atoms with Crippen molar-refractivity contribution in [1.29, 1.82) is 0 Å². The van der Waals surface area contributed by atoms with Gasteiger partial charge in [0.1, 0.15) is 0 Å². The summed E-state index contributed by atoms with van der Waals surface area (Å²) < 4.78 is 29.6. The first kappa shape index (κ1) is 20.2. The first-order chi connectivity index (χ1) is 15.3. The monoisotopic (exact) mass is 433 g/mol. The second-order valence-corrected chi connectivity index (χ2v) is 8.14. The minimum atomic E-state index is -2.95. The van der Waals surface area contributed by atoms with Gasteiger partial charge in [-0.3, -0.25) is 9.78 Å². The minimum Gasteiger partial charge on any atom is -0.350 e. The van der Waals surface area contributed by atoms with Gasteiger partial charge in [-0.2, -0.15) is 4.52 Å². The van der Waals surface area contributed by atoms with Crippen molar-refractivity contribution < 1.29 is 8.78 Å². The minimum absolute atomic E-state index is 0.0201. The van der Waals surface area contributed by atoms with Gasteiger partial charge in [-0.05, 0) is 35.7 Å². The van der Waals surface area contributed by atoms with Crippen molar-refractivity contribution in [2.75, 3.05) is 11.4 Å². The molecule has 0 aliphatic carbocycles. The number of aryl methyl sites for hydroxylation is 1. The highest BCUT2D eigenvalue weighted by Gasteiger charge is 2.28. The van der Waals surface area contributed by atoms with Gasteiger partial charge in [0.25, 0.3) is 11.5 Å². The maximum atomic E-state index is 14.2. The standard InChI is InChI=1S/C24H21F2N5O/c1-15-11-21-27-9-7-22(32)31(21)29-23(15)30-10-8-20-17(14-30)12-16(13-28-20)18-5-3-4-6-19(18)24(2,25)26/h3-7,9,11-13H,8,10,14H2,1-2H3. The number of anilines is 1. The fourth-order valence-electron chi connectivity index (χ4n) is 4.23. The first-order valence-electron chi connectivity index (χ1n) is 10.4. The summed E-state index contributed by atoms with van der Waals surface area (Å²) in [4.78, 5) is 23.1. The number of pyridine rings is 1. The van der Waals surface area contributed by atoms with Crippen LogP contribution in [0.4, 0.5) is 14.6 Å². The maximum absolute atomic E-state index is 14.2. The van der Waals surface area contributed by atoms with Crippen LogP contribution in [0.25, 0.3) is 16.8 Å². The molecule has 0 N–H and O–H groups in total. The fraction of sp³-hybridized carbons (Fsp3) is 0.250. The molecular weight excluding hydrogens is 412 g/mol. The zero-order valence-corrected chi connectivity index (χ0v) is 17.7. The molecule has 0 bridgehead atoms. The lowest BCUT2D eigenvalue weighted by Gasteiger charge is -2.30. The lowest BCUT2D eigenvalue weighted by molar-refractivity contribution is 0.0181. The molecule has 1 aromatic carbocycles. The predicted octanol–water partition coefficient (Wildman–Crippen LogP) is 4.13. The zero-order valence-electron chi connectivity index (χ0n) is 17.7. The van der Waals surface area contributed by atoms with Gasteiger partial charge in [0, 0.05) is 61.7 Å². The summed E-state index contributed by atoms with van der Waals surface area (Å²) in [5.74, 6) is -2.25. The average Bonchev–Trinajstić information content (AvgIpc) is 2.77. The number of hydrogen-bond acceptors (Lipinski definition) is 5. The number of fused-ring (bicyclic) bond motifs is 2. The second kappa shape index (κ2) is 7.47. The Labute approximate surface area is 183 Å². The summed E-state index contributed by atoms with van der Waals surface area (Å²) in [6, 6.07) is 11.7. The zero-order chi connectivity index (χ0) is 22.5. The number of benzene rings is 1. The van der Waals surface area contributed by atoms with Gasteiger partial charge in [0.2, 0.25) is 0 Å². The third-order valence-corrected chi connectivity index (χ3v) is 5.79. The number of alkyl halides is 2. The van der Waals surface area contributed by atoms with E-state index in [-0.39, 0.29) is 11.1 Å². The van der Waals surface area contributed by atoms with Crippen LogP contribution in [0.3, 0.4) is 0 Å². The van der Waals surface area contributed by atoms with Gasteiger partial charge in [-0.15, -0.1) is 5.10 Å². The van der Waals surface area contributed by atoms with E-state index in [0.29, 0.717) is 42.1 Å². The molecule has 4 aromatic rings. The molecule has 3 aromatic heterocycles. The van der Waals surface area contributed by atoms with E-state index in [9.17, 15) is 13.6 Å². The average molecular weight is 433 g/mol. The topological polar surface area (TPSA) is 63.4 Å². The van der Waals surface area contributed by atoms with Crippen molar-refractivity contribution in [2.24, 2.45) is 0 Å². The van der Waals surface area contributed by atoms with Gasteiger partial charge < -0.3 is 4.90 Å². The van der Waals surface area contributed by atoms with Gasteiger partial charge in [0.15, 0.2) is 11.5 Å². The Balaban J connectivity index is 1.54. The molecule has 8 heteroatoms. The van der Waals surface area contributed by atoms with Crippen LogP contribution in [0, 0.1) is 6.92 Å². The highest BCUT2D eigenvalue weighted by Crippen LogP contribution is 2.36. The number of halogens is 2. The van der Waals surface area contributed by atoms with Crippen LogP contribution in [0.15, 0.2) is 59.7 Å². The van der Waals surface area contributed by atoms with E-state index >= 15 is 0 Å². The Hall–Kier alpha value is -3.68. The highest BCUT2D eigenvalue weighted by molar-refractivity contribution is 5.69. The smallest absolute Gasteiger partial charge is 0.274 e. The lowest BCUT2D eigenvalue weighted by Crippen LogP contribution is -2.33. The molecule has 162 valence electrons. The first-order valence-corrected chi connectivity index (χ1v) is 10.4. The molecule has 0 spiro atoms. The lowest BCUT2D eigenvalue weighted by atomic mass is 9.94. The van der Waals surface area contributed by atoms with E-state index in [1.807, 2.05) is 19.1 Å². The number of rotatable bonds is 3. The van der Waals surface area contributed by atoms with Crippen molar-refractivity contribution >= 4 is 11.5 Å². The van der Waals surface area contributed by atoms with Gasteiger partial charge in [-0.25, -0.2) is 13.8 Å². The van der Waals surface area contributed by atoms with E-state index in [1.54, 1.807) is 24.4 Å². The van der Waals surface area contributed by atoms with E-state index in [0.717, 1.165) is 23.7 Å². The normalized spacial score (nSPS) is 13.9. The van der Waals surface area contributed by atoms with Crippen molar-refractivity contribution in [2.45, 2.75) is 32.7 Å². The third-order valence-electron chi connectivity index (χ3n) is 5.79. The van der Waals surface area contributed by atoms with Crippen molar-refractivity contribution in [3.8, 4) is 11.1 Å². The SMILES string of the molecule is Cc1cc2nccc(=O)n2nc1N1CCc2ncc(-c3ccccc3C(C)(F)F)cc2C1. The Kier molecular flexibility index (Phi) is 4.73. The molecular formula is C24H21F2N5O. The Morgan fingerprint density at radius 2 is 1.91 bits per heavy atom. The van der Waals surface area contributed by atoms with Crippen LogP contribution < -0.4 is 10.5 Å². The van der Waals surface area contributed by atoms with Gasteiger partial charge >= 0.3 is 0 Å². The quantitative estimate of drug-likeness (QED) is 0.486. The predicted molar refractivity (Wildman–Crippen MR) is 118 cm³/mol. The van der Waals surface area contributed by atoms with E-state index in [1.165, 1.54) is 22.8 Å². The van der Waals surface area contributed by atoms with Crippen molar-refractivity contribution in [3.63, 3.8) is 0 Å². The summed E-state index contributed by atoms with van der Waals surface area (Å²) in [6.07, 6.45) is 3.84. The highest BCUT2D eigenvalue weighted by atomic mass is 19.3. The molecule has 1 aliphatic rings. The van der Waals surface area contributed by atoms with E-state index in [2.05, 4.69) is 20.0 Å². The Morgan fingerprint density at radius 3 is 2.72 bits per heavy atom. The van der Waals surface area contributed by atoms with E-state index < -0.39 is 5.92 Å². The summed E-state index contributed by atoms with van der Waals surface area (Å²) in [7, 11) is 0. The second-order valence-electron chi connectivity index (χ2n) is 8.14. The molecule has 0 radical (unpaired) electrons. The molecule has 0 saturated heterocycles. The molecule has 32 heavy (non-hydrogen) atoms. The van der Waals surface area contributed by atoms with Crippen LogP contribution in [0.2, 0.25) is 0 Å². The van der Waals surface area contributed by atoms with Crippen LogP contribution in [0.1, 0.15) is 29.3 Å². The van der Waals surface area contributed by atoms with Crippen molar-refractivity contribution in [3.05, 3.63) is 87.6 Å². The summed E-state index contributed by atoms with van der Waals surface area (Å²) in [5, 5.41) is 4.55. The van der Waals surface area contributed by atoms with Gasteiger partial charge in [0.05, 0.1) is 0 Å². The molecule has 0 saturated carbocycles. The molecule has 6 nitrogen and oxygen atoms in total. The molecule has 0 amide bonds. The van der Waals surface area contributed by atoms with Crippen LogP contribution >= 0.6 is 0 Å². The van der Waals surface area contributed by atoms with Gasteiger partial charge in [-0.1, -0.05) is 24.3 Å². The summed E-state index contributed by atoms with van der Waals surface area (Å²) in [6.45, 7) is 4.06. The maximum Gasteiger partial charge on any atom is 0.274 e. The van der Waals surface area contributed by atoms with Crippen LogP contribution in [-0.4, -0.2) is 26.1 Å². The molecule has 1 aliphatic heterocycles. The Bertz CT molecular complexity index is 1390. The largest absolute Gasteiger partial charge is 0.350 e. The fourth-order valence-corrected chi connectivity index (χ4v) is 4.23. The van der Waals surface area contributed by atoms with Crippen molar-refractivity contribution in [1.82, 2.24) is 19.6 Å². The molecule has 0 fully saturated rings.